The molecule has 1 N–H and O–H groups in total. The summed E-state index contributed by atoms with van der Waals surface area (Å²) < 4.78 is 5.39. The number of hydrogen-bond acceptors (Lipinski definition) is 4. The van der Waals surface area contributed by atoms with Crippen LogP contribution < -0.4 is 15.0 Å². The number of imide groups is 2. The lowest BCUT2D eigenvalue weighted by Crippen LogP contribution is -2.54. The fourth-order valence-electron chi connectivity index (χ4n) is 3.28. The van der Waals surface area contributed by atoms with Gasteiger partial charge >= 0.3 is 6.03 Å². The van der Waals surface area contributed by atoms with Crippen LogP contribution in [0.5, 0.6) is 5.75 Å². The zero-order valence-corrected chi connectivity index (χ0v) is 15.7. The van der Waals surface area contributed by atoms with E-state index in [1.54, 1.807) is 24.3 Å². The van der Waals surface area contributed by atoms with E-state index in [0.29, 0.717) is 18.0 Å². The number of carbonyl (C=O) groups excluding carboxylic acids is 3. The van der Waals surface area contributed by atoms with Crippen LogP contribution in [0.2, 0.25) is 0 Å². The van der Waals surface area contributed by atoms with Crippen molar-refractivity contribution in [2.24, 2.45) is 0 Å². The molecule has 1 aliphatic rings. The Hall–Kier alpha value is -3.93. The molecule has 1 aliphatic heterocycles. The van der Waals surface area contributed by atoms with E-state index in [1.165, 1.54) is 6.08 Å². The van der Waals surface area contributed by atoms with Crippen molar-refractivity contribution in [2.45, 2.75) is 6.92 Å². The Balaban J connectivity index is 1.74. The molecule has 4 rings (SSSR count). The van der Waals surface area contributed by atoms with Gasteiger partial charge in [-0.05, 0) is 53.6 Å². The van der Waals surface area contributed by atoms with Crippen LogP contribution in [-0.2, 0) is 9.59 Å². The molecule has 4 amide bonds. The number of barbiturate groups is 1. The summed E-state index contributed by atoms with van der Waals surface area (Å²) in [5, 5.41) is 4.14. The number of anilines is 1. The minimum absolute atomic E-state index is 0.102. The van der Waals surface area contributed by atoms with E-state index >= 15 is 0 Å². The van der Waals surface area contributed by atoms with Crippen LogP contribution >= 0.6 is 0 Å². The van der Waals surface area contributed by atoms with Crippen molar-refractivity contribution >= 4 is 40.4 Å². The molecule has 6 heteroatoms. The fourth-order valence-corrected chi connectivity index (χ4v) is 3.28. The van der Waals surface area contributed by atoms with Gasteiger partial charge in [-0.15, -0.1) is 0 Å². The minimum atomic E-state index is -0.778. The Morgan fingerprint density at radius 3 is 2.41 bits per heavy atom. The lowest BCUT2D eigenvalue weighted by Gasteiger charge is -2.26. The first-order valence-corrected chi connectivity index (χ1v) is 9.20. The number of ether oxygens (including phenoxy) is 1. The summed E-state index contributed by atoms with van der Waals surface area (Å²) in [4.78, 5) is 38.8. The van der Waals surface area contributed by atoms with E-state index < -0.39 is 17.8 Å². The number of benzene rings is 3. The summed E-state index contributed by atoms with van der Waals surface area (Å²) in [6, 6.07) is 19.1. The molecule has 1 fully saturated rings. The van der Waals surface area contributed by atoms with E-state index in [4.69, 9.17) is 4.74 Å². The lowest BCUT2D eigenvalue weighted by atomic mass is 10.0. The zero-order valence-electron chi connectivity index (χ0n) is 15.7. The molecule has 3 aromatic rings. The molecule has 144 valence electrons. The first-order chi connectivity index (χ1) is 14.1. The highest BCUT2D eigenvalue weighted by Crippen LogP contribution is 2.26. The SMILES string of the molecule is CCOc1ccc(N2C(=O)NC(=O)/C(=C\c3cccc4ccccc34)C2=O)cc1. The molecule has 3 aromatic carbocycles. The van der Waals surface area contributed by atoms with Gasteiger partial charge in [-0.1, -0.05) is 42.5 Å². The van der Waals surface area contributed by atoms with Crippen molar-refractivity contribution in [1.82, 2.24) is 5.32 Å². The largest absolute Gasteiger partial charge is 0.494 e. The molecular weight excluding hydrogens is 368 g/mol. The number of urea groups is 1. The van der Waals surface area contributed by atoms with E-state index in [9.17, 15) is 14.4 Å². The monoisotopic (exact) mass is 386 g/mol. The second-order valence-electron chi connectivity index (χ2n) is 6.45. The number of carbonyl (C=O) groups is 3. The molecule has 1 heterocycles. The van der Waals surface area contributed by atoms with Crippen LogP contribution in [-0.4, -0.2) is 24.5 Å². The summed E-state index contributed by atoms with van der Waals surface area (Å²) in [6.45, 7) is 2.38. The third-order valence-electron chi connectivity index (χ3n) is 4.63. The molecule has 0 bridgehead atoms. The van der Waals surface area contributed by atoms with Crippen molar-refractivity contribution in [3.8, 4) is 5.75 Å². The number of nitrogens with one attached hydrogen (secondary N) is 1. The summed E-state index contributed by atoms with van der Waals surface area (Å²) in [5.41, 5.74) is 0.977. The summed E-state index contributed by atoms with van der Waals surface area (Å²) in [6.07, 6.45) is 1.52. The number of nitrogens with zero attached hydrogens (tertiary/aromatic N) is 1. The average molecular weight is 386 g/mol. The van der Waals surface area contributed by atoms with Crippen molar-refractivity contribution in [3.05, 3.63) is 77.9 Å². The molecule has 1 saturated heterocycles. The molecule has 0 unspecified atom stereocenters. The minimum Gasteiger partial charge on any atom is -0.494 e. The van der Waals surface area contributed by atoms with Gasteiger partial charge in [0.05, 0.1) is 12.3 Å². The predicted octanol–water partition coefficient (Wildman–Crippen LogP) is 3.90. The number of fused-ring (bicyclic) bond motifs is 1. The highest BCUT2D eigenvalue weighted by molar-refractivity contribution is 6.39. The highest BCUT2D eigenvalue weighted by Gasteiger charge is 2.36. The predicted molar refractivity (Wildman–Crippen MR) is 111 cm³/mol. The van der Waals surface area contributed by atoms with Crippen LogP contribution in [0.4, 0.5) is 10.5 Å². The van der Waals surface area contributed by atoms with Gasteiger partial charge in [-0.3, -0.25) is 14.9 Å². The molecule has 6 nitrogen and oxygen atoms in total. The third-order valence-corrected chi connectivity index (χ3v) is 4.63. The van der Waals surface area contributed by atoms with Crippen molar-refractivity contribution in [2.75, 3.05) is 11.5 Å². The van der Waals surface area contributed by atoms with E-state index in [-0.39, 0.29) is 5.57 Å². The van der Waals surface area contributed by atoms with Gasteiger partial charge in [-0.2, -0.15) is 0 Å². The van der Waals surface area contributed by atoms with Crippen LogP contribution in [0.15, 0.2) is 72.3 Å². The van der Waals surface area contributed by atoms with Crippen LogP contribution in [0.25, 0.3) is 16.8 Å². The molecule has 0 aliphatic carbocycles. The average Bonchev–Trinajstić information content (AvgIpc) is 2.72. The second-order valence-corrected chi connectivity index (χ2v) is 6.45. The normalized spacial score (nSPS) is 15.7. The summed E-state index contributed by atoms with van der Waals surface area (Å²) in [7, 11) is 0. The third kappa shape index (κ3) is 3.48. The molecule has 0 saturated carbocycles. The topological polar surface area (TPSA) is 75.7 Å². The van der Waals surface area contributed by atoms with Gasteiger partial charge in [0.15, 0.2) is 0 Å². The van der Waals surface area contributed by atoms with Gasteiger partial charge in [0.25, 0.3) is 11.8 Å². The molecule has 0 spiro atoms. The van der Waals surface area contributed by atoms with Crippen LogP contribution in [0.1, 0.15) is 12.5 Å². The smallest absolute Gasteiger partial charge is 0.335 e. The molecule has 0 radical (unpaired) electrons. The van der Waals surface area contributed by atoms with Gasteiger partial charge in [0.2, 0.25) is 0 Å². The highest BCUT2D eigenvalue weighted by atomic mass is 16.5. The Kier molecular flexibility index (Phi) is 4.83. The van der Waals surface area contributed by atoms with Crippen molar-refractivity contribution in [3.63, 3.8) is 0 Å². The molecular formula is C23H18N2O4. The Morgan fingerprint density at radius 1 is 0.931 bits per heavy atom. The number of rotatable bonds is 4. The molecule has 0 aromatic heterocycles. The van der Waals surface area contributed by atoms with Crippen LogP contribution in [0.3, 0.4) is 0 Å². The van der Waals surface area contributed by atoms with E-state index in [0.717, 1.165) is 21.2 Å². The quantitative estimate of drug-likeness (QED) is 0.545. The zero-order chi connectivity index (χ0) is 20.4. The first-order valence-electron chi connectivity index (χ1n) is 9.20. The Bertz CT molecular complexity index is 1140. The fraction of sp³-hybridized carbons (Fsp3) is 0.0870. The van der Waals surface area contributed by atoms with Gasteiger partial charge in [0.1, 0.15) is 11.3 Å². The van der Waals surface area contributed by atoms with E-state index in [1.807, 2.05) is 49.4 Å². The van der Waals surface area contributed by atoms with E-state index in [2.05, 4.69) is 5.32 Å². The molecule has 0 atom stereocenters. The first kappa shape index (κ1) is 18.4. The Morgan fingerprint density at radius 2 is 1.66 bits per heavy atom. The van der Waals surface area contributed by atoms with Gasteiger partial charge in [0, 0.05) is 0 Å². The van der Waals surface area contributed by atoms with Gasteiger partial charge in [-0.25, -0.2) is 9.69 Å². The van der Waals surface area contributed by atoms with Crippen molar-refractivity contribution < 1.29 is 19.1 Å². The standard InChI is InChI=1S/C23H18N2O4/c1-2-29-18-12-10-17(11-13-18)25-22(27)20(21(26)24-23(25)28)14-16-8-5-7-15-6-3-4-9-19(15)16/h3-14H,2H2,1H3,(H,24,26,28)/b20-14+. The van der Waals surface area contributed by atoms with Crippen molar-refractivity contribution in [1.29, 1.82) is 0 Å². The molecule has 29 heavy (non-hydrogen) atoms. The lowest BCUT2D eigenvalue weighted by molar-refractivity contribution is -0.122. The maximum absolute atomic E-state index is 13.0. The maximum Gasteiger partial charge on any atom is 0.335 e. The summed E-state index contributed by atoms with van der Waals surface area (Å²) in [5.74, 6) is -0.755. The second kappa shape index (κ2) is 7.59. The summed E-state index contributed by atoms with van der Waals surface area (Å²) >= 11 is 0. The maximum atomic E-state index is 13.0. The van der Waals surface area contributed by atoms with Crippen LogP contribution in [0, 0.1) is 0 Å². The van der Waals surface area contributed by atoms with Gasteiger partial charge < -0.3 is 4.74 Å². The number of amides is 4. The Labute approximate surface area is 167 Å². The number of hydrogen-bond donors (Lipinski definition) is 1.